The average molecular weight is 466 g/mol. The molecule has 0 fully saturated rings. The third-order valence-corrected chi connectivity index (χ3v) is 6.41. The van der Waals surface area contributed by atoms with Crippen LogP contribution in [-0.2, 0) is 0 Å². The molecule has 2 aliphatic heterocycles. The van der Waals surface area contributed by atoms with Crippen molar-refractivity contribution in [2.45, 2.75) is 0 Å². The zero-order valence-electron chi connectivity index (χ0n) is 19.5. The van der Waals surface area contributed by atoms with Gasteiger partial charge in [-0.05, 0) is 58.3 Å². The summed E-state index contributed by atoms with van der Waals surface area (Å²) < 4.78 is 0. The molecule has 0 spiro atoms. The minimum Gasteiger partial charge on any atom is -0.398 e. The van der Waals surface area contributed by atoms with Crippen molar-refractivity contribution in [3.05, 3.63) is 114 Å². The number of hydrogen-bond donors (Lipinski definition) is 2. The molecule has 2 aliphatic rings. The van der Waals surface area contributed by atoms with Gasteiger partial charge < -0.3 is 11.5 Å². The number of anilines is 2. The second kappa shape index (κ2) is 8.96. The zero-order valence-corrected chi connectivity index (χ0v) is 19.5. The number of fused-ring (bicyclic) bond motifs is 3. The predicted octanol–water partition coefficient (Wildman–Crippen LogP) is 6.79. The zero-order chi connectivity index (χ0) is 24.5. The van der Waals surface area contributed by atoms with E-state index in [0.29, 0.717) is 0 Å². The summed E-state index contributed by atoms with van der Waals surface area (Å²) in [6, 6.07) is 28.2. The van der Waals surface area contributed by atoms with Crippen LogP contribution in [-0.4, -0.2) is 15.2 Å². The Balaban J connectivity index is 1.32. The van der Waals surface area contributed by atoms with E-state index in [-0.39, 0.29) is 0 Å². The molecule has 5 nitrogen and oxygen atoms in total. The quantitative estimate of drug-likeness (QED) is 0.280. The van der Waals surface area contributed by atoms with Gasteiger partial charge in [0.15, 0.2) is 0 Å². The number of hydrogen-bond acceptors (Lipinski definition) is 5. The van der Waals surface area contributed by atoms with Crippen molar-refractivity contribution in [3.8, 4) is 11.3 Å². The number of nitrogens with two attached hydrogens (primary N) is 2. The maximum absolute atomic E-state index is 6.15. The van der Waals surface area contributed by atoms with Crippen LogP contribution in [0, 0.1) is 0 Å². The Hall–Kier alpha value is -5.03. The Morgan fingerprint density at radius 2 is 1.11 bits per heavy atom. The first-order valence-electron chi connectivity index (χ1n) is 11.7. The molecule has 4 aromatic rings. The van der Waals surface area contributed by atoms with E-state index in [4.69, 9.17) is 11.5 Å². The van der Waals surface area contributed by atoms with Crippen LogP contribution in [0.3, 0.4) is 0 Å². The summed E-state index contributed by atoms with van der Waals surface area (Å²) in [7, 11) is 0. The molecule has 0 aliphatic carbocycles. The Bertz CT molecular complexity index is 1770. The van der Waals surface area contributed by atoms with E-state index < -0.39 is 0 Å². The van der Waals surface area contributed by atoms with Gasteiger partial charge in [-0.1, -0.05) is 72.8 Å². The van der Waals surface area contributed by atoms with E-state index in [1.165, 1.54) is 0 Å². The molecule has 4 N–H and O–H groups in total. The molecule has 0 radical (unpaired) electrons. The molecular formula is C31H23N5. The lowest BCUT2D eigenvalue weighted by Crippen LogP contribution is -1.88. The number of aromatic nitrogens is 3. The highest BCUT2D eigenvalue weighted by atomic mass is 15.1. The fraction of sp³-hybridized carbons (Fsp3) is 0. The van der Waals surface area contributed by atoms with Crippen molar-refractivity contribution < 1.29 is 0 Å². The second-order valence-electron chi connectivity index (χ2n) is 8.65. The summed E-state index contributed by atoms with van der Waals surface area (Å²) in [4.78, 5) is 4.61. The van der Waals surface area contributed by atoms with Crippen molar-refractivity contribution in [3.63, 3.8) is 0 Å². The first-order valence-corrected chi connectivity index (χ1v) is 11.7. The van der Waals surface area contributed by atoms with Gasteiger partial charge in [-0.3, -0.25) is 4.98 Å². The minimum atomic E-state index is 0.745. The minimum absolute atomic E-state index is 0.745. The smallest absolute Gasteiger partial charge is 0.113 e. The maximum Gasteiger partial charge on any atom is 0.113 e. The van der Waals surface area contributed by atoms with Crippen molar-refractivity contribution in [1.29, 1.82) is 0 Å². The van der Waals surface area contributed by atoms with Crippen LogP contribution in [0.5, 0.6) is 0 Å². The van der Waals surface area contributed by atoms with Gasteiger partial charge in [-0.2, -0.15) is 0 Å². The van der Waals surface area contributed by atoms with E-state index >= 15 is 0 Å². The molecule has 0 bridgehead atoms. The van der Waals surface area contributed by atoms with Gasteiger partial charge in [0.2, 0.25) is 0 Å². The SMILES string of the molecule is Nc1ccc(/C=C/c2ccc3c(/C=C/c4ccc(N)c5ccccc45)nnc-3cn2)c2ccccc12. The van der Waals surface area contributed by atoms with Crippen molar-refractivity contribution in [2.24, 2.45) is 0 Å². The van der Waals surface area contributed by atoms with Gasteiger partial charge in [0.25, 0.3) is 0 Å². The fourth-order valence-electron chi connectivity index (χ4n) is 4.51. The molecule has 0 unspecified atom stereocenters. The molecule has 0 saturated carbocycles. The van der Waals surface area contributed by atoms with Crippen LogP contribution >= 0.6 is 0 Å². The first kappa shape index (κ1) is 21.5. The molecule has 0 aromatic heterocycles. The summed E-state index contributed by atoms with van der Waals surface area (Å²) in [6.07, 6.45) is 9.87. The molecule has 4 aromatic carbocycles. The Labute approximate surface area is 208 Å². The molecule has 0 saturated heterocycles. The predicted molar refractivity (Wildman–Crippen MR) is 151 cm³/mol. The van der Waals surface area contributed by atoms with E-state index in [9.17, 15) is 0 Å². The molecule has 0 amide bonds. The Morgan fingerprint density at radius 1 is 0.528 bits per heavy atom. The Kier molecular flexibility index (Phi) is 5.35. The summed E-state index contributed by atoms with van der Waals surface area (Å²) in [6.45, 7) is 0. The highest BCUT2D eigenvalue weighted by Crippen LogP contribution is 2.29. The lowest BCUT2D eigenvalue weighted by atomic mass is 10.0. The van der Waals surface area contributed by atoms with Crippen LogP contribution in [0.2, 0.25) is 0 Å². The van der Waals surface area contributed by atoms with Crippen molar-refractivity contribution in [2.75, 3.05) is 11.5 Å². The summed E-state index contributed by atoms with van der Waals surface area (Å²) in [5.74, 6) is 0. The highest BCUT2D eigenvalue weighted by Gasteiger charge is 2.11. The van der Waals surface area contributed by atoms with Crippen LogP contribution in [0.25, 0.3) is 57.1 Å². The maximum atomic E-state index is 6.15. The van der Waals surface area contributed by atoms with Crippen LogP contribution in [0.15, 0.2) is 91.1 Å². The lowest BCUT2D eigenvalue weighted by molar-refractivity contribution is 1.08. The summed E-state index contributed by atoms with van der Waals surface area (Å²) >= 11 is 0. The highest BCUT2D eigenvalue weighted by molar-refractivity contribution is 6.00. The first-order chi connectivity index (χ1) is 17.7. The van der Waals surface area contributed by atoms with Crippen LogP contribution in [0.4, 0.5) is 11.4 Å². The largest absolute Gasteiger partial charge is 0.398 e. The second-order valence-corrected chi connectivity index (χ2v) is 8.65. The standard InChI is InChI=1S/C31H23N5/c32-28-16-10-20(23-5-1-3-7-25(23)28)9-13-22-14-15-27-30(35-36-31(27)19-34-22)18-12-21-11-17-29(33)26-8-4-2-6-24(21)26/h1-19H,32-33H2/b13-9+,18-12+. The number of nitrogens with zero attached hydrogens (tertiary/aromatic N) is 3. The molecule has 172 valence electrons. The number of rotatable bonds is 4. The third-order valence-electron chi connectivity index (χ3n) is 6.41. The topological polar surface area (TPSA) is 90.7 Å². The monoisotopic (exact) mass is 465 g/mol. The fourth-order valence-corrected chi connectivity index (χ4v) is 4.51. The van der Waals surface area contributed by atoms with Gasteiger partial charge in [-0.25, -0.2) is 0 Å². The Morgan fingerprint density at radius 3 is 1.75 bits per heavy atom. The van der Waals surface area contributed by atoms with Gasteiger partial charge in [0.1, 0.15) is 5.69 Å². The average Bonchev–Trinajstić information content (AvgIpc) is 3.19. The van der Waals surface area contributed by atoms with E-state index in [0.717, 1.165) is 66.7 Å². The van der Waals surface area contributed by atoms with E-state index in [2.05, 4.69) is 39.5 Å². The molecular weight excluding hydrogens is 442 g/mol. The molecule has 2 heterocycles. The molecule has 0 atom stereocenters. The van der Waals surface area contributed by atoms with Gasteiger partial charge in [0, 0.05) is 27.7 Å². The molecule has 5 heteroatoms. The molecule has 6 rings (SSSR count). The third kappa shape index (κ3) is 3.93. The normalized spacial score (nSPS) is 11.9. The van der Waals surface area contributed by atoms with Gasteiger partial charge in [0.05, 0.1) is 17.6 Å². The van der Waals surface area contributed by atoms with Crippen LogP contribution < -0.4 is 11.5 Å². The van der Waals surface area contributed by atoms with E-state index in [1.807, 2.05) is 84.9 Å². The van der Waals surface area contributed by atoms with Crippen molar-refractivity contribution >= 4 is 57.2 Å². The molecule has 36 heavy (non-hydrogen) atoms. The summed E-state index contributed by atoms with van der Waals surface area (Å²) in [5.41, 5.74) is 19.3. The van der Waals surface area contributed by atoms with Crippen LogP contribution in [0.1, 0.15) is 22.5 Å². The number of nitrogen functional groups attached to an aromatic ring is 2. The van der Waals surface area contributed by atoms with Crippen molar-refractivity contribution in [1.82, 2.24) is 15.2 Å². The van der Waals surface area contributed by atoms with E-state index in [1.54, 1.807) is 6.20 Å². The van der Waals surface area contributed by atoms with Gasteiger partial charge >= 0.3 is 0 Å². The van der Waals surface area contributed by atoms with Gasteiger partial charge in [-0.15, -0.1) is 10.2 Å². The summed E-state index contributed by atoms with van der Waals surface area (Å²) in [5, 5.41) is 13.0. The number of benzene rings is 4. The lowest BCUT2D eigenvalue weighted by Gasteiger charge is -2.05.